The van der Waals surface area contributed by atoms with E-state index in [1.54, 1.807) is 0 Å². The van der Waals surface area contributed by atoms with E-state index in [1.165, 1.54) is 37.6 Å². The van der Waals surface area contributed by atoms with Gasteiger partial charge in [0, 0.05) is 6.54 Å². The van der Waals surface area contributed by atoms with Crippen molar-refractivity contribution in [2.24, 2.45) is 0 Å². The highest BCUT2D eigenvalue weighted by atomic mass is 16.2. The number of amides is 1. The van der Waals surface area contributed by atoms with Gasteiger partial charge in [-0.1, -0.05) is 11.6 Å². The molecule has 0 bridgehead atoms. The molecule has 0 unspecified atom stereocenters. The average Bonchev–Trinajstić information content (AvgIpc) is 2.84. The Hall–Kier alpha value is -1.65. The molecule has 1 amide bonds. The minimum absolute atomic E-state index is 0.186. The van der Waals surface area contributed by atoms with Crippen molar-refractivity contribution in [1.82, 2.24) is 20.5 Å². The number of carbonyl (C=O) groups is 1. The zero-order valence-corrected chi connectivity index (χ0v) is 9.20. The van der Waals surface area contributed by atoms with E-state index in [9.17, 15) is 4.79 Å². The summed E-state index contributed by atoms with van der Waals surface area (Å²) in [5.41, 5.74) is 1.46. The number of hydrogen-bond acceptors (Lipinski definition) is 3. The van der Waals surface area contributed by atoms with Crippen molar-refractivity contribution in [3.8, 4) is 0 Å². The SMILES string of the molecule is O=C(NCCC1=CCCCC1)c1ncn[nH]1. The Morgan fingerprint density at radius 2 is 2.44 bits per heavy atom. The number of rotatable bonds is 4. The fourth-order valence-electron chi connectivity index (χ4n) is 1.87. The van der Waals surface area contributed by atoms with Crippen molar-refractivity contribution in [1.29, 1.82) is 0 Å². The van der Waals surface area contributed by atoms with E-state index in [-0.39, 0.29) is 11.7 Å². The molecule has 0 radical (unpaired) electrons. The Morgan fingerprint density at radius 3 is 3.12 bits per heavy atom. The normalized spacial score (nSPS) is 15.6. The first-order chi connectivity index (χ1) is 7.86. The maximum Gasteiger partial charge on any atom is 0.288 e. The van der Waals surface area contributed by atoms with Crippen LogP contribution in [0.4, 0.5) is 0 Å². The van der Waals surface area contributed by atoms with Gasteiger partial charge in [0.2, 0.25) is 5.82 Å². The summed E-state index contributed by atoms with van der Waals surface area (Å²) in [5.74, 6) is 0.0894. The predicted octanol–water partition coefficient (Wildman–Crippen LogP) is 1.42. The summed E-state index contributed by atoms with van der Waals surface area (Å²) in [7, 11) is 0. The van der Waals surface area contributed by atoms with Crippen LogP contribution in [-0.4, -0.2) is 27.6 Å². The Morgan fingerprint density at radius 1 is 1.50 bits per heavy atom. The summed E-state index contributed by atoms with van der Waals surface area (Å²) in [5, 5.41) is 8.99. The number of carbonyl (C=O) groups excluding carboxylic acids is 1. The summed E-state index contributed by atoms with van der Waals surface area (Å²) >= 11 is 0. The molecule has 0 atom stereocenters. The first kappa shape index (κ1) is 10.9. The van der Waals surface area contributed by atoms with Gasteiger partial charge < -0.3 is 5.32 Å². The minimum atomic E-state index is -0.186. The molecule has 5 heteroatoms. The molecular formula is C11H16N4O. The number of hydrogen-bond donors (Lipinski definition) is 2. The number of nitrogens with zero attached hydrogens (tertiary/aromatic N) is 2. The van der Waals surface area contributed by atoms with Crippen LogP contribution in [0.1, 0.15) is 42.7 Å². The molecule has 16 heavy (non-hydrogen) atoms. The summed E-state index contributed by atoms with van der Waals surface area (Å²) < 4.78 is 0. The molecule has 0 saturated carbocycles. The van der Waals surface area contributed by atoms with E-state index in [2.05, 4.69) is 26.6 Å². The van der Waals surface area contributed by atoms with Gasteiger partial charge in [-0.3, -0.25) is 9.89 Å². The molecule has 0 aliphatic heterocycles. The average molecular weight is 220 g/mol. The quantitative estimate of drug-likeness (QED) is 0.754. The number of aromatic nitrogens is 3. The lowest BCUT2D eigenvalue weighted by Crippen LogP contribution is -2.26. The molecule has 1 heterocycles. The summed E-state index contributed by atoms with van der Waals surface area (Å²) in [6, 6.07) is 0. The molecule has 0 aromatic carbocycles. The molecule has 0 spiro atoms. The molecule has 0 fully saturated rings. The minimum Gasteiger partial charge on any atom is -0.349 e. The fraction of sp³-hybridized carbons (Fsp3) is 0.545. The van der Waals surface area contributed by atoms with E-state index in [1.807, 2.05) is 0 Å². The highest BCUT2D eigenvalue weighted by molar-refractivity contribution is 5.90. The van der Waals surface area contributed by atoms with Gasteiger partial charge in [-0.15, -0.1) is 0 Å². The van der Waals surface area contributed by atoms with Crippen LogP contribution >= 0.6 is 0 Å². The van der Waals surface area contributed by atoms with Crippen molar-refractivity contribution < 1.29 is 4.79 Å². The topological polar surface area (TPSA) is 70.7 Å². The number of nitrogens with one attached hydrogen (secondary N) is 2. The van der Waals surface area contributed by atoms with Crippen LogP contribution in [0.2, 0.25) is 0 Å². The van der Waals surface area contributed by atoms with E-state index >= 15 is 0 Å². The summed E-state index contributed by atoms with van der Waals surface area (Å²) in [6.45, 7) is 0.672. The van der Waals surface area contributed by atoms with Crippen molar-refractivity contribution in [2.45, 2.75) is 32.1 Å². The van der Waals surface area contributed by atoms with Crippen molar-refractivity contribution >= 4 is 5.91 Å². The molecule has 5 nitrogen and oxygen atoms in total. The zero-order chi connectivity index (χ0) is 11.2. The van der Waals surface area contributed by atoms with Gasteiger partial charge in [0.05, 0.1) is 0 Å². The number of H-pyrrole nitrogens is 1. The number of aromatic amines is 1. The van der Waals surface area contributed by atoms with Crippen LogP contribution in [0.5, 0.6) is 0 Å². The number of allylic oxidation sites excluding steroid dienone is 1. The lowest BCUT2D eigenvalue weighted by molar-refractivity contribution is 0.0944. The van der Waals surface area contributed by atoms with Gasteiger partial charge >= 0.3 is 0 Å². The second-order valence-corrected chi connectivity index (χ2v) is 3.95. The summed E-state index contributed by atoms with van der Waals surface area (Å²) in [6.07, 6.45) is 9.52. The van der Waals surface area contributed by atoms with Crippen LogP contribution in [0.3, 0.4) is 0 Å². The smallest absolute Gasteiger partial charge is 0.288 e. The molecule has 2 rings (SSSR count). The van der Waals surface area contributed by atoms with Crippen LogP contribution in [0.15, 0.2) is 18.0 Å². The molecule has 2 N–H and O–H groups in total. The van der Waals surface area contributed by atoms with E-state index < -0.39 is 0 Å². The first-order valence-electron chi connectivity index (χ1n) is 5.68. The lowest BCUT2D eigenvalue weighted by Gasteiger charge is -2.12. The van der Waals surface area contributed by atoms with Gasteiger partial charge in [-0.25, -0.2) is 4.98 Å². The predicted molar refractivity (Wildman–Crippen MR) is 59.9 cm³/mol. The van der Waals surface area contributed by atoms with Crippen molar-refractivity contribution in [3.05, 3.63) is 23.8 Å². The highest BCUT2D eigenvalue weighted by Crippen LogP contribution is 2.19. The third-order valence-electron chi connectivity index (χ3n) is 2.75. The van der Waals surface area contributed by atoms with E-state index in [0.29, 0.717) is 6.54 Å². The maximum atomic E-state index is 11.5. The van der Waals surface area contributed by atoms with Gasteiger partial charge in [0.1, 0.15) is 6.33 Å². The lowest BCUT2D eigenvalue weighted by atomic mass is 9.97. The Labute approximate surface area is 94.3 Å². The highest BCUT2D eigenvalue weighted by Gasteiger charge is 2.08. The molecule has 1 aromatic rings. The van der Waals surface area contributed by atoms with Gasteiger partial charge in [0.25, 0.3) is 5.91 Å². The first-order valence-corrected chi connectivity index (χ1v) is 5.68. The third-order valence-corrected chi connectivity index (χ3v) is 2.75. The fourth-order valence-corrected chi connectivity index (χ4v) is 1.87. The zero-order valence-electron chi connectivity index (χ0n) is 9.20. The molecule has 86 valence electrons. The van der Waals surface area contributed by atoms with Gasteiger partial charge in [-0.05, 0) is 32.1 Å². The van der Waals surface area contributed by atoms with E-state index in [4.69, 9.17) is 0 Å². The Kier molecular flexibility index (Phi) is 3.69. The molecule has 0 saturated heterocycles. The van der Waals surface area contributed by atoms with Crippen LogP contribution in [0.25, 0.3) is 0 Å². The van der Waals surface area contributed by atoms with Crippen LogP contribution < -0.4 is 5.32 Å². The monoisotopic (exact) mass is 220 g/mol. The Bertz CT molecular complexity index is 369. The largest absolute Gasteiger partial charge is 0.349 e. The summed E-state index contributed by atoms with van der Waals surface area (Å²) in [4.78, 5) is 15.3. The van der Waals surface area contributed by atoms with Crippen molar-refractivity contribution in [3.63, 3.8) is 0 Å². The van der Waals surface area contributed by atoms with Gasteiger partial charge in [-0.2, -0.15) is 5.10 Å². The van der Waals surface area contributed by atoms with E-state index in [0.717, 1.165) is 6.42 Å². The Balaban J connectivity index is 1.72. The molecule has 1 aromatic heterocycles. The molecule has 1 aliphatic carbocycles. The van der Waals surface area contributed by atoms with Gasteiger partial charge in [0.15, 0.2) is 0 Å². The third kappa shape index (κ3) is 2.92. The van der Waals surface area contributed by atoms with Crippen LogP contribution in [0, 0.1) is 0 Å². The maximum absolute atomic E-state index is 11.5. The second kappa shape index (κ2) is 5.44. The molecule has 1 aliphatic rings. The van der Waals surface area contributed by atoms with Crippen LogP contribution in [-0.2, 0) is 0 Å². The standard InChI is InChI=1S/C11H16N4O/c16-11(10-13-8-14-15-10)12-7-6-9-4-2-1-3-5-9/h4,8H,1-3,5-7H2,(H,12,16)(H,13,14,15). The molecular weight excluding hydrogens is 204 g/mol. The van der Waals surface area contributed by atoms with Crippen molar-refractivity contribution in [2.75, 3.05) is 6.54 Å². The second-order valence-electron chi connectivity index (χ2n) is 3.95.